The van der Waals surface area contributed by atoms with Gasteiger partial charge < -0.3 is 19.9 Å². The van der Waals surface area contributed by atoms with E-state index in [0.29, 0.717) is 17.3 Å². The number of amides is 2. The van der Waals surface area contributed by atoms with E-state index in [1.165, 1.54) is 4.90 Å². The molecule has 0 radical (unpaired) electrons. The van der Waals surface area contributed by atoms with E-state index < -0.39 is 17.4 Å². The largest absolute Gasteiger partial charge is 0.360 e. The smallest absolute Gasteiger partial charge is 0.241 e. The highest BCUT2D eigenvalue weighted by Crippen LogP contribution is 2.52. The first kappa shape index (κ1) is 22.2. The first-order chi connectivity index (χ1) is 17.0. The molecule has 35 heavy (non-hydrogen) atoms. The maximum atomic E-state index is 13.5. The number of hydrogen-bond donors (Lipinski definition) is 1. The van der Waals surface area contributed by atoms with Gasteiger partial charge in [-0.15, -0.1) is 0 Å². The van der Waals surface area contributed by atoms with Gasteiger partial charge in [-0.1, -0.05) is 35.9 Å². The predicted molar refractivity (Wildman–Crippen MR) is 136 cm³/mol. The van der Waals surface area contributed by atoms with Crippen molar-refractivity contribution in [1.82, 2.24) is 15.2 Å². The van der Waals surface area contributed by atoms with Gasteiger partial charge in [0.15, 0.2) is 5.11 Å². The fourth-order valence-electron chi connectivity index (χ4n) is 5.66. The van der Waals surface area contributed by atoms with Gasteiger partial charge in [0.25, 0.3) is 0 Å². The minimum absolute atomic E-state index is 0.187. The summed E-state index contributed by atoms with van der Waals surface area (Å²) >= 11 is 5.70. The minimum atomic E-state index is -0.874. The number of piperazine rings is 1. The van der Waals surface area contributed by atoms with Crippen molar-refractivity contribution in [3.63, 3.8) is 0 Å². The number of benzene rings is 1. The summed E-state index contributed by atoms with van der Waals surface area (Å²) in [5.74, 6) is -0.464. The topological polar surface area (TPSA) is 78.0 Å². The van der Waals surface area contributed by atoms with Gasteiger partial charge in [0.05, 0.1) is 30.2 Å². The predicted octanol–water partition coefficient (Wildman–Crippen LogP) is 1.90. The third kappa shape index (κ3) is 3.61. The molecular weight excluding hydrogens is 462 g/mol. The average molecular weight is 490 g/mol. The van der Waals surface area contributed by atoms with Crippen LogP contribution in [-0.4, -0.2) is 71.2 Å². The monoisotopic (exact) mass is 489 g/mol. The highest BCUT2D eigenvalue weighted by molar-refractivity contribution is 7.80. The lowest BCUT2D eigenvalue weighted by Crippen LogP contribution is -2.55. The Morgan fingerprint density at radius 1 is 1.11 bits per heavy atom. The summed E-state index contributed by atoms with van der Waals surface area (Å²) in [5, 5.41) is 3.98. The van der Waals surface area contributed by atoms with Crippen molar-refractivity contribution in [2.24, 2.45) is 11.8 Å². The molecule has 1 aromatic heterocycles. The van der Waals surface area contributed by atoms with Crippen LogP contribution in [-0.2, 0) is 14.3 Å². The number of ether oxygens (including phenoxy) is 1. The fourth-order valence-corrected chi connectivity index (χ4v) is 5.91. The molecular formula is C26H27N5O3S. The standard InChI is InChI=1S/C26H27N5O3S/c1-17-5-7-18(8-6-17)31-23(32)21-19-9-10-26(34-19,22(21)24(31)33)16-28-25(35)30-14-12-29(13-15-30)20-4-2-3-11-27-20/h2-11,19,21-22H,12-16H2,1H3,(H,28,35)/t19-,21-,22+,26+/m1/s1. The number of pyridine rings is 1. The molecule has 2 aromatic rings. The van der Waals surface area contributed by atoms with Crippen LogP contribution in [0.15, 0.2) is 60.8 Å². The molecule has 3 fully saturated rings. The van der Waals surface area contributed by atoms with Crippen molar-refractivity contribution in [1.29, 1.82) is 0 Å². The van der Waals surface area contributed by atoms with Gasteiger partial charge in [-0.25, -0.2) is 9.88 Å². The van der Waals surface area contributed by atoms with Crippen LogP contribution in [0.1, 0.15) is 5.56 Å². The maximum Gasteiger partial charge on any atom is 0.241 e. The minimum Gasteiger partial charge on any atom is -0.360 e. The lowest BCUT2D eigenvalue weighted by molar-refractivity contribution is -0.126. The number of aryl methyl sites for hydroxylation is 1. The summed E-state index contributed by atoms with van der Waals surface area (Å²) in [4.78, 5) is 36.9. The van der Waals surface area contributed by atoms with Crippen LogP contribution in [0.2, 0.25) is 0 Å². The van der Waals surface area contributed by atoms with Crippen molar-refractivity contribution in [2.75, 3.05) is 42.5 Å². The molecule has 0 saturated carbocycles. The van der Waals surface area contributed by atoms with Crippen LogP contribution in [0, 0.1) is 18.8 Å². The molecule has 180 valence electrons. The van der Waals surface area contributed by atoms with Crippen molar-refractivity contribution in [3.05, 3.63) is 66.4 Å². The molecule has 5 heterocycles. The average Bonchev–Trinajstić information content (AvgIpc) is 3.54. The highest BCUT2D eigenvalue weighted by Gasteiger charge is 2.67. The molecule has 6 rings (SSSR count). The molecule has 3 saturated heterocycles. The van der Waals surface area contributed by atoms with Gasteiger partial charge in [-0.2, -0.15) is 0 Å². The van der Waals surface area contributed by atoms with E-state index in [0.717, 1.165) is 37.6 Å². The van der Waals surface area contributed by atoms with Gasteiger partial charge >= 0.3 is 0 Å². The fraction of sp³-hybridized carbons (Fsp3) is 0.385. The molecule has 8 nitrogen and oxygen atoms in total. The summed E-state index contributed by atoms with van der Waals surface area (Å²) in [6.07, 6.45) is 5.28. The zero-order valence-corrected chi connectivity index (χ0v) is 20.3. The molecule has 1 N–H and O–H groups in total. The summed E-state index contributed by atoms with van der Waals surface area (Å²) in [6, 6.07) is 13.4. The van der Waals surface area contributed by atoms with E-state index in [1.54, 1.807) is 6.20 Å². The Hall–Kier alpha value is -3.30. The van der Waals surface area contributed by atoms with Gasteiger partial charge in [-0.3, -0.25) is 9.59 Å². The van der Waals surface area contributed by atoms with Gasteiger partial charge in [0.2, 0.25) is 11.8 Å². The molecule has 4 aliphatic rings. The van der Waals surface area contributed by atoms with Crippen molar-refractivity contribution in [2.45, 2.75) is 18.6 Å². The van der Waals surface area contributed by atoms with Gasteiger partial charge in [-0.05, 0) is 43.4 Å². The first-order valence-electron chi connectivity index (χ1n) is 12.0. The van der Waals surface area contributed by atoms with E-state index in [9.17, 15) is 9.59 Å². The van der Waals surface area contributed by atoms with Gasteiger partial charge in [0.1, 0.15) is 11.4 Å². The summed E-state index contributed by atoms with van der Waals surface area (Å²) in [6.45, 7) is 5.53. The second-order valence-corrected chi connectivity index (χ2v) is 9.95. The quantitative estimate of drug-likeness (QED) is 0.397. The number of hydrogen-bond acceptors (Lipinski definition) is 6. The number of aromatic nitrogens is 1. The number of imide groups is 1. The number of carbonyl (C=O) groups is 2. The summed E-state index contributed by atoms with van der Waals surface area (Å²) < 4.78 is 6.25. The second-order valence-electron chi connectivity index (χ2n) is 9.57. The van der Waals surface area contributed by atoms with Crippen LogP contribution >= 0.6 is 12.2 Å². The van der Waals surface area contributed by atoms with Crippen LogP contribution in [0.25, 0.3) is 0 Å². The van der Waals surface area contributed by atoms with Crippen molar-refractivity contribution < 1.29 is 14.3 Å². The van der Waals surface area contributed by atoms with E-state index in [-0.39, 0.29) is 17.9 Å². The number of rotatable bonds is 4. The van der Waals surface area contributed by atoms with Crippen molar-refractivity contribution >= 4 is 40.6 Å². The normalized spacial score (nSPS) is 29.2. The SMILES string of the molecule is Cc1ccc(N2C(=O)[C@H]3[C@@H](C2=O)[C@@]2(CNC(=S)N4CCN(c5ccccn5)CC4)C=C[C@H]3O2)cc1. The number of nitrogens with one attached hydrogen (secondary N) is 1. The Morgan fingerprint density at radius 3 is 2.60 bits per heavy atom. The van der Waals surface area contributed by atoms with E-state index in [1.807, 2.05) is 61.5 Å². The lowest BCUT2D eigenvalue weighted by atomic mass is 9.77. The molecule has 4 aliphatic heterocycles. The highest BCUT2D eigenvalue weighted by atomic mass is 32.1. The van der Waals surface area contributed by atoms with Crippen LogP contribution in [0.3, 0.4) is 0 Å². The molecule has 1 aromatic carbocycles. The Morgan fingerprint density at radius 2 is 1.89 bits per heavy atom. The molecule has 2 bridgehead atoms. The van der Waals surface area contributed by atoms with Gasteiger partial charge in [0, 0.05) is 32.4 Å². The summed E-state index contributed by atoms with van der Waals surface area (Å²) in [5.41, 5.74) is 0.818. The molecule has 0 spiro atoms. The van der Waals surface area contributed by atoms with Crippen LogP contribution < -0.4 is 15.1 Å². The van der Waals surface area contributed by atoms with Crippen LogP contribution in [0.5, 0.6) is 0 Å². The molecule has 9 heteroatoms. The molecule has 0 unspecified atom stereocenters. The Balaban J connectivity index is 1.12. The van der Waals surface area contributed by atoms with Crippen molar-refractivity contribution in [3.8, 4) is 0 Å². The Labute approximate surface area is 209 Å². The lowest BCUT2D eigenvalue weighted by Gasteiger charge is -2.38. The third-order valence-corrected chi connectivity index (χ3v) is 7.91. The molecule has 0 aliphatic carbocycles. The Bertz CT molecular complexity index is 1200. The molecule has 2 amide bonds. The number of thiocarbonyl (C=S) groups is 1. The number of anilines is 2. The van der Waals surface area contributed by atoms with Crippen LogP contribution in [0.4, 0.5) is 11.5 Å². The molecule has 4 atom stereocenters. The first-order valence-corrected chi connectivity index (χ1v) is 12.4. The third-order valence-electron chi connectivity index (χ3n) is 7.50. The number of carbonyl (C=O) groups excluding carboxylic acids is 2. The van der Waals surface area contributed by atoms with E-state index in [4.69, 9.17) is 17.0 Å². The van der Waals surface area contributed by atoms with E-state index in [2.05, 4.69) is 20.1 Å². The zero-order valence-electron chi connectivity index (χ0n) is 19.5. The zero-order chi connectivity index (χ0) is 24.2. The second kappa shape index (κ2) is 8.42. The number of nitrogens with zero attached hydrogens (tertiary/aromatic N) is 4. The Kier molecular flexibility index (Phi) is 5.34. The number of fused-ring (bicyclic) bond motifs is 5. The maximum absolute atomic E-state index is 13.5. The summed E-state index contributed by atoms with van der Waals surface area (Å²) in [7, 11) is 0. The van der Waals surface area contributed by atoms with E-state index >= 15 is 0 Å².